The Kier molecular flexibility index (Phi) is 5.60. The minimum absolute atomic E-state index is 0.00569. The number of rotatable bonds is 8. The third-order valence-corrected chi connectivity index (χ3v) is 3.47. The lowest BCUT2D eigenvalue weighted by molar-refractivity contribution is -0.117. The summed E-state index contributed by atoms with van der Waals surface area (Å²) in [6.07, 6.45) is 1.43. The number of anilines is 1. The Morgan fingerprint density at radius 2 is 2.04 bits per heavy atom. The van der Waals surface area contributed by atoms with E-state index < -0.39 is 11.7 Å². The van der Waals surface area contributed by atoms with Crippen LogP contribution in [0.5, 0.6) is 11.5 Å². The smallest absolute Gasteiger partial charge is 0.437 e. The number of amides is 1. The van der Waals surface area contributed by atoms with Crippen molar-refractivity contribution in [3.63, 3.8) is 0 Å². The summed E-state index contributed by atoms with van der Waals surface area (Å²) in [6.45, 7) is 4.31. The van der Waals surface area contributed by atoms with Crippen LogP contribution in [0.25, 0.3) is 11.7 Å². The minimum Gasteiger partial charge on any atom is -0.494 e. The number of benzene rings is 1. The highest BCUT2D eigenvalue weighted by atomic mass is 16.5. The summed E-state index contributed by atoms with van der Waals surface area (Å²) >= 11 is 0. The van der Waals surface area contributed by atoms with Crippen LogP contribution in [0.3, 0.4) is 0 Å². The van der Waals surface area contributed by atoms with Crippen molar-refractivity contribution in [1.29, 1.82) is 0 Å². The molecule has 0 bridgehead atoms. The molecule has 1 N–H and O–H groups in total. The van der Waals surface area contributed by atoms with Crippen LogP contribution in [0.2, 0.25) is 0 Å². The molecule has 0 aliphatic rings. The van der Waals surface area contributed by atoms with Crippen LogP contribution in [0.15, 0.2) is 50.2 Å². The van der Waals surface area contributed by atoms with Gasteiger partial charge in [0.05, 0.1) is 25.2 Å². The van der Waals surface area contributed by atoms with E-state index in [4.69, 9.17) is 18.3 Å². The van der Waals surface area contributed by atoms with Crippen LogP contribution < -0.4 is 20.5 Å². The second kappa shape index (κ2) is 8.26. The molecule has 0 aliphatic heterocycles. The molecule has 0 saturated heterocycles. The van der Waals surface area contributed by atoms with Gasteiger partial charge in [0, 0.05) is 6.07 Å². The molecule has 0 saturated carbocycles. The number of furan rings is 1. The molecule has 0 radical (unpaired) electrons. The molecule has 1 amide bonds. The van der Waals surface area contributed by atoms with Gasteiger partial charge in [-0.2, -0.15) is 4.68 Å². The molecule has 1 aromatic carbocycles. The molecule has 0 aliphatic carbocycles. The van der Waals surface area contributed by atoms with Gasteiger partial charge in [-0.1, -0.05) is 0 Å². The maximum Gasteiger partial charge on any atom is 0.437 e. The maximum absolute atomic E-state index is 12.4. The molecule has 9 heteroatoms. The minimum atomic E-state index is -0.760. The molecule has 3 rings (SSSR count). The summed E-state index contributed by atoms with van der Waals surface area (Å²) in [5.41, 5.74) is 0.440. The highest BCUT2D eigenvalue weighted by molar-refractivity contribution is 5.92. The highest BCUT2D eigenvalue weighted by Gasteiger charge is 2.16. The van der Waals surface area contributed by atoms with Gasteiger partial charge in [0.2, 0.25) is 5.91 Å². The summed E-state index contributed by atoms with van der Waals surface area (Å²) < 4.78 is 22.0. The van der Waals surface area contributed by atoms with E-state index in [-0.39, 0.29) is 12.4 Å². The lowest BCUT2D eigenvalue weighted by Crippen LogP contribution is -2.26. The zero-order valence-electron chi connectivity index (χ0n) is 14.9. The molecule has 142 valence electrons. The van der Waals surface area contributed by atoms with Crippen molar-refractivity contribution < 1.29 is 23.1 Å². The predicted octanol–water partition coefficient (Wildman–Crippen LogP) is 2.53. The topological polar surface area (TPSA) is 109 Å². The zero-order chi connectivity index (χ0) is 19.2. The summed E-state index contributed by atoms with van der Waals surface area (Å²) in [4.78, 5) is 24.3. The van der Waals surface area contributed by atoms with Crippen molar-refractivity contribution in [1.82, 2.24) is 9.78 Å². The predicted molar refractivity (Wildman–Crippen MR) is 95.9 cm³/mol. The molecule has 0 unspecified atom stereocenters. The molecule has 9 nitrogen and oxygen atoms in total. The number of hydrogen-bond donors (Lipinski definition) is 1. The van der Waals surface area contributed by atoms with E-state index in [0.29, 0.717) is 36.2 Å². The molecule has 0 spiro atoms. The molecule has 0 atom stereocenters. The quantitative estimate of drug-likeness (QED) is 0.646. The third kappa shape index (κ3) is 4.38. The molecule has 2 aromatic heterocycles. The van der Waals surface area contributed by atoms with Crippen molar-refractivity contribution in [3.8, 4) is 23.1 Å². The fourth-order valence-electron chi connectivity index (χ4n) is 2.38. The average molecular weight is 373 g/mol. The van der Waals surface area contributed by atoms with Crippen LogP contribution in [-0.4, -0.2) is 28.9 Å². The first-order valence-electron chi connectivity index (χ1n) is 8.42. The summed E-state index contributed by atoms with van der Waals surface area (Å²) in [5, 5.41) is 6.67. The van der Waals surface area contributed by atoms with E-state index in [1.165, 1.54) is 6.26 Å². The Hall–Kier alpha value is -3.49. The van der Waals surface area contributed by atoms with E-state index in [0.717, 1.165) is 4.68 Å². The van der Waals surface area contributed by atoms with Crippen molar-refractivity contribution in [2.45, 2.75) is 20.4 Å². The van der Waals surface area contributed by atoms with Gasteiger partial charge in [-0.25, -0.2) is 4.79 Å². The largest absolute Gasteiger partial charge is 0.494 e. The van der Waals surface area contributed by atoms with E-state index in [1.54, 1.807) is 30.3 Å². The maximum atomic E-state index is 12.4. The second-order valence-electron chi connectivity index (χ2n) is 5.38. The van der Waals surface area contributed by atoms with Gasteiger partial charge in [-0.15, -0.1) is 5.10 Å². The number of nitrogens with zero attached hydrogens (tertiary/aromatic N) is 2. The van der Waals surface area contributed by atoms with Crippen molar-refractivity contribution in [2.75, 3.05) is 18.5 Å². The number of nitrogens with one attached hydrogen (secondary N) is 1. The zero-order valence-corrected chi connectivity index (χ0v) is 14.9. The normalized spacial score (nSPS) is 10.6. The Morgan fingerprint density at radius 1 is 1.22 bits per heavy atom. The first kappa shape index (κ1) is 18.3. The molecular weight excluding hydrogens is 354 g/mol. The van der Waals surface area contributed by atoms with Crippen molar-refractivity contribution in [3.05, 3.63) is 47.1 Å². The van der Waals surface area contributed by atoms with E-state index >= 15 is 0 Å². The lowest BCUT2D eigenvalue weighted by atomic mass is 10.2. The molecular formula is C18H19N3O6. The molecule has 2 heterocycles. The van der Waals surface area contributed by atoms with Gasteiger partial charge in [-0.3, -0.25) is 4.79 Å². The standard InChI is InChI=1S/C18H19N3O6/c1-3-24-12-7-8-14(25-4-2)13(10-12)19-16(22)11-21-18(23)27-17(20-21)15-6-5-9-26-15/h5-10H,3-4,11H2,1-2H3,(H,19,22). The Bertz CT molecular complexity index is 958. The van der Waals surface area contributed by atoms with Gasteiger partial charge >= 0.3 is 5.76 Å². The van der Waals surface area contributed by atoms with Crippen LogP contribution in [-0.2, 0) is 11.3 Å². The Morgan fingerprint density at radius 3 is 2.74 bits per heavy atom. The fourth-order valence-corrected chi connectivity index (χ4v) is 2.38. The number of hydrogen-bond acceptors (Lipinski definition) is 7. The molecule has 3 aromatic rings. The molecule has 0 fully saturated rings. The Labute approximate surface area is 154 Å². The van der Waals surface area contributed by atoms with Crippen LogP contribution >= 0.6 is 0 Å². The first-order chi connectivity index (χ1) is 13.1. The van der Waals surface area contributed by atoms with Crippen LogP contribution in [0.1, 0.15) is 13.8 Å². The van der Waals surface area contributed by atoms with E-state index in [9.17, 15) is 9.59 Å². The number of aromatic nitrogens is 2. The lowest BCUT2D eigenvalue weighted by Gasteiger charge is -2.13. The highest BCUT2D eigenvalue weighted by Crippen LogP contribution is 2.29. The van der Waals surface area contributed by atoms with Crippen LogP contribution in [0, 0.1) is 0 Å². The van der Waals surface area contributed by atoms with Crippen molar-refractivity contribution in [2.24, 2.45) is 0 Å². The van der Waals surface area contributed by atoms with E-state index in [1.807, 2.05) is 13.8 Å². The number of carbonyl (C=O) groups is 1. The average Bonchev–Trinajstić information content (AvgIpc) is 3.28. The first-order valence-corrected chi connectivity index (χ1v) is 8.42. The van der Waals surface area contributed by atoms with Gasteiger partial charge in [-0.05, 0) is 38.1 Å². The third-order valence-electron chi connectivity index (χ3n) is 3.47. The van der Waals surface area contributed by atoms with Gasteiger partial charge in [0.1, 0.15) is 18.0 Å². The van der Waals surface area contributed by atoms with E-state index in [2.05, 4.69) is 10.4 Å². The monoisotopic (exact) mass is 373 g/mol. The molecule has 27 heavy (non-hydrogen) atoms. The second-order valence-corrected chi connectivity index (χ2v) is 5.38. The fraction of sp³-hybridized carbons (Fsp3) is 0.278. The van der Waals surface area contributed by atoms with Crippen molar-refractivity contribution >= 4 is 11.6 Å². The van der Waals surface area contributed by atoms with Gasteiger partial charge in [0.25, 0.3) is 5.89 Å². The summed E-state index contributed by atoms with van der Waals surface area (Å²) in [5.74, 6) is 0.170. The summed E-state index contributed by atoms with van der Waals surface area (Å²) in [7, 11) is 0. The number of ether oxygens (including phenoxy) is 2. The van der Waals surface area contributed by atoms with Gasteiger partial charge in [0.15, 0.2) is 5.76 Å². The SMILES string of the molecule is CCOc1ccc(OCC)c(NC(=O)Cn2nc(-c3ccco3)oc2=O)c1. The number of carbonyl (C=O) groups excluding carboxylic acids is 1. The Balaban J connectivity index is 1.76. The summed E-state index contributed by atoms with van der Waals surface area (Å²) in [6, 6.07) is 8.36. The van der Waals surface area contributed by atoms with Crippen LogP contribution in [0.4, 0.5) is 5.69 Å². The van der Waals surface area contributed by atoms with Gasteiger partial charge < -0.3 is 23.6 Å².